The van der Waals surface area contributed by atoms with Crippen LogP contribution in [0.1, 0.15) is 42.0 Å². The van der Waals surface area contributed by atoms with Gasteiger partial charge in [0.05, 0.1) is 0 Å². The fourth-order valence-electron chi connectivity index (χ4n) is 5.28. The molecule has 32 heavy (non-hydrogen) atoms. The molecule has 0 spiro atoms. The maximum absolute atomic E-state index is 13.5. The quantitative estimate of drug-likeness (QED) is 0.430. The van der Waals surface area contributed by atoms with Gasteiger partial charge >= 0.3 is 191 Å². The monoisotopic (exact) mass is 492 g/mol. The van der Waals surface area contributed by atoms with Gasteiger partial charge in [0.25, 0.3) is 0 Å². The zero-order valence-corrected chi connectivity index (χ0v) is 21.4. The van der Waals surface area contributed by atoms with Crippen molar-refractivity contribution >= 4 is 30.0 Å². The molecular weight excluding hydrogens is 461 g/mol. The Balaban J connectivity index is 1.76. The summed E-state index contributed by atoms with van der Waals surface area (Å²) in [7, 11) is 0. The molecule has 1 aliphatic carbocycles. The number of benzene rings is 1. The summed E-state index contributed by atoms with van der Waals surface area (Å²) in [6.07, 6.45) is 1.87. The second-order valence-corrected chi connectivity index (χ2v) is 22.2. The molecule has 1 atom stereocenters. The Kier molecular flexibility index (Phi) is 4.98. The molecule has 6 heteroatoms. The van der Waals surface area contributed by atoms with Gasteiger partial charge in [-0.1, -0.05) is 0 Å². The van der Waals surface area contributed by atoms with E-state index in [1.807, 2.05) is 22.8 Å². The molecular formula is C26H30GeN2O3. The predicted molar refractivity (Wildman–Crippen MR) is 130 cm³/mol. The van der Waals surface area contributed by atoms with E-state index < -0.39 is 18.9 Å². The molecule has 0 amide bonds. The Morgan fingerprint density at radius 1 is 1.12 bits per heavy atom. The zero-order chi connectivity index (χ0) is 22.8. The van der Waals surface area contributed by atoms with Crippen molar-refractivity contribution in [1.29, 1.82) is 0 Å². The molecule has 0 saturated heterocycles. The molecule has 2 aromatic heterocycles. The summed E-state index contributed by atoms with van der Waals surface area (Å²) >= 11 is -1.77. The second-order valence-electron chi connectivity index (χ2n) is 10.4. The third-order valence-corrected chi connectivity index (χ3v) is 10.9. The predicted octanol–water partition coefficient (Wildman–Crippen LogP) is 4.42. The van der Waals surface area contributed by atoms with Crippen LogP contribution < -0.4 is 5.56 Å². The van der Waals surface area contributed by atoms with Crippen LogP contribution in [0, 0.1) is 0 Å². The van der Waals surface area contributed by atoms with E-state index in [4.69, 9.17) is 4.98 Å². The van der Waals surface area contributed by atoms with Crippen molar-refractivity contribution in [3.63, 3.8) is 0 Å². The molecule has 1 N–H and O–H groups in total. The third kappa shape index (κ3) is 3.20. The molecule has 1 aliphatic heterocycles. The number of aliphatic hydroxyl groups is 1. The van der Waals surface area contributed by atoms with Gasteiger partial charge in [0.15, 0.2) is 0 Å². The van der Waals surface area contributed by atoms with Gasteiger partial charge in [0.1, 0.15) is 0 Å². The number of nitrogens with zero attached hydrogens (tertiary/aromatic N) is 2. The molecule has 3 aromatic rings. The first kappa shape index (κ1) is 21.6. The van der Waals surface area contributed by atoms with Gasteiger partial charge in [0, 0.05) is 0 Å². The van der Waals surface area contributed by atoms with Crippen LogP contribution in [0.5, 0.6) is 0 Å². The number of para-hydroxylation sites is 1. The Hall–Kier alpha value is -2.25. The van der Waals surface area contributed by atoms with Gasteiger partial charge in [-0.05, 0) is 0 Å². The molecule has 0 radical (unpaired) electrons. The molecule has 0 bridgehead atoms. The number of aryl methyl sites for hydroxylation is 1. The van der Waals surface area contributed by atoms with Crippen molar-refractivity contribution in [2.75, 3.05) is 0 Å². The van der Waals surface area contributed by atoms with Crippen molar-refractivity contribution < 1.29 is 9.90 Å². The minimum atomic E-state index is -1.77. The third-order valence-electron chi connectivity index (χ3n) is 7.22. The van der Waals surface area contributed by atoms with Crippen LogP contribution in [0.2, 0.25) is 22.5 Å². The van der Waals surface area contributed by atoms with E-state index in [0.29, 0.717) is 24.1 Å². The first-order valence-corrected chi connectivity index (χ1v) is 19.4. The fourth-order valence-corrected chi connectivity index (χ4v) is 7.38. The summed E-state index contributed by atoms with van der Waals surface area (Å²) in [5, 5.41) is 13.6. The Morgan fingerprint density at radius 3 is 2.59 bits per heavy atom. The number of carbonyl (C=O) groups excluding carboxylic acids is 1. The molecule has 2 aliphatic rings. The van der Waals surface area contributed by atoms with Crippen LogP contribution in [0.3, 0.4) is 0 Å². The summed E-state index contributed by atoms with van der Waals surface area (Å²) in [5.41, 5.74) is 4.33. The van der Waals surface area contributed by atoms with Gasteiger partial charge in [-0.25, -0.2) is 0 Å². The van der Waals surface area contributed by atoms with E-state index in [1.54, 1.807) is 6.92 Å². The number of aromatic nitrogens is 2. The standard InChI is InChI=1S/C26H30GeN2O3/c1-5-26(32)20-14-22-24-19(15-29(22)25(31)18(20)10-11-23(26)30)16(12-13-27(2,3)4)17-8-6-7-9-21(17)28-24/h6-9,14,32H,5,10-13,15H2,1-4H3/t26-/m0/s1. The van der Waals surface area contributed by atoms with Gasteiger partial charge in [0.2, 0.25) is 0 Å². The number of pyridine rings is 2. The number of hydrogen-bond donors (Lipinski definition) is 1. The molecule has 3 heterocycles. The normalized spacial score (nSPS) is 19.7. The van der Waals surface area contributed by atoms with E-state index in [0.717, 1.165) is 28.9 Å². The van der Waals surface area contributed by atoms with E-state index >= 15 is 0 Å². The number of hydrogen-bond acceptors (Lipinski definition) is 4. The Bertz CT molecular complexity index is 1340. The van der Waals surface area contributed by atoms with Gasteiger partial charge in [-0.3, -0.25) is 0 Å². The number of carbonyl (C=O) groups is 1. The van der Waals surface area contributed by atoms with Crippen molar-refractivity contribution in [2.24, 2.45) is 0 Å². The van der Waals surface area contributed by atoms with Crippen molar-refractivity contribution in [3.05, 3.63) is 62.9 Å². The van der Waals surface area contributed by atoms with Gasteiger partial charge in [-0.2, -0.15) is 0 Å². The molecule has 166 valence electrons. The summed E-state index contributed by atoms with van der Waals surface area (Å²) in [4.78, 5) is 31.1. The topological polar surface area (TPSA) is 72.2 Å². The summed E-state index contributed by atoms with van der Waals surface area (Å²) in [6, 6.07) is 10.1. The Labute approximate surface area is 190 Å². The number of rotatable bonds is 4. The number of ketones is 1. The molecule has 0 unspecified atom stereocenters. The summed E-state index contributed by atoms with van der Waals surface area (Å²) < 4.78 is 1.81. The number of Topliss-reactive ketones (excluding diaryl/α,β-unsaturated/α-hetero) is 1. The molecule has 0 saturated carbocycles. The van der Waals surface area contributed by atoms with Crippen molar-refractivity contribution in [2.45, 2.75) is 67.3 Å². The molecule has 0 fully saturated rings. The minimum absolute atomic E-state index is 0.0849. The van der Waals surface area contributed by atoms with E-state index in [2.05, 4.69) is 29.4 Å². The van der Waals surface area contributed by atoms with Crippen LogP contribution in [-0.2, 0) is 29.8 Å². The first-order valence-electron chi connectivity index (χ1n) is 11.6. The van der Waals surface area contributed by atoms with Crippen LogP contribution >= 0.6 is 0 Å². The van der Waals surface area contributed by atoms with Gasteiger partial charge in [-0.15, -0.1) is 0 Å². The SMILES string of the molecule is CC[C@@]1(O)C(=O)CCc2c1cc1n(c2=O)Cc2c-1nc1ccccc1c2C[CH2][Ge]([CH3])([CH3])[CH3]. The van der Waals surface area contributed by atoms with E-state index in [9.17, 15) is 14.7 Å². The van der Waals surface area contributed by atoms with E-state index in [-0.39, 0.29) is 24.2 Å². The number of fused-ring (bicyclic) bond motifs is 5. The summed E-state index contributed by atoms with van der Waals surface area (Å²) in [6.45, 7) is 2.31. The molecule has 1 aromatic carbocycles. The van der Waals surface area contributed by atoms with Crippen LogP contribution in [-0.4, -0.2) is 33.7 Å². The van der Waals surface area contributed by atoms with E-state index in [1.165, 1.54) is 16.2 Å². The van der Waals surface area contributed by atoms with Crippen LogP contribution in [0.15, 0.2) is 35.1 Å². The van der Waals surface area contributed by atoms with Gasteiger partial charge < -0.3 is 0 Å². The summed E-state index contributed by atoms with van der Waals surface area (Å²) in [5.74, 6) is 7.09. The maximum atomic E-state index is 13.5. The van der Waals surface area contributed by atoms with Crippen LogP contribution in [0.25, 0.3) is 22.3 Å². The average Bonchev–Trinajstić information content (AvgIpc) is 3.12. The molecule has 5 nitrogen and oxygen atoms in total. The Morgan fingerprint density at radius 2 is 1.88 bits per heavy atom. The van der Waals surface area contributed by atoms with Crippen molar-refractivity contribution in [3.8, 4) is 11.4 Å². The zero-order valence-electron chi connectivity index (χ0n) is 19.3. The fraction of sp³-hybridized carbons (Fsp3) is 0.423. The molecule has 5 rings (SSSR count). The first-order chi connectivity index (χ1) is 15.1. The average molecular weight is 491 g/mol. The second kappa shape index (κ2) is 7.39. The van der Waals surface area contributed by atoms with Crippen LogP contribution in [0.4, 0.5) is 0 Å². The van der Waals surface area contributed by atoms with Crippen molar-refractivity contribution in [1.82, 2.24) is 9.55 Å².